The fraction of sp³-hybridized carbons (Fsp3) is 0.536. The van der Waals surface area contributed by atoms with Crippen molar-refractivity contribution in [2.24, 2.45) is 11.8 Å². The third-order valence-corrected chi connectivity index (χ3v) is 6.21. The smallest absolute Gasteiger partial charge is 0.311 e. The summed E-state index contributed by atoms with van der Waals surface area (Å²) in [4.78, 5) is 12.2. The summed E-state index contributed by atoms with van der Waals surface area (Å²) in [5.74, 6) is 3.26. The van der Waals surface area contributed by atoms with Crippen molar-refractivity contribution in [1.29, 1.82) is 0 Å². The van der Waals surface area contributed by atoms with Crippen LogP contribution in [0.3, 0.4) is 0 Å². The van der Waals surface area contributed by atoms with Gasteiger partial charge in [-0.2, -0.15) is 0 Å². The van der Waals surface area contributed by atoms with Crippen LogP contribution in [-0.4, -0.2) is 12.6 Å². The van der Waals surface area contributed by atoms with Gasteiger partial charge in [0.25, 0.3) is 0 Å². The predicted octanol–water partition coefficient (Wildman–Crippen LogP) is 7.12. The van der Waals surface area contributed by atoms with Gasteiger partial charge in [-0.15, -0.1) is 0 Å². The van der Waals surface area contributed by atoms with E-state index in [1.54, 1.807) is 0 Å². The van der Waals surface area contributed by atoms with Gasteiger partial charge in [0, 0.05) is 6.42 Å². The van der Waals surface area contributed by atoms with Gasteiger partial charge in [0.05, 0.1) is 6.61 Å². The number of fused-ring (bicyclic) bond motifs is 1. The zero-order chi connectivity index (χ0) is 22.2. The molecule has 1 unspecified atom stereocenters. The van der Waals surface area contributed by atoms with E-state index < -0.39 is 0 Å². The van der Waals surface area contributed by atoms with E-state index in [9.17, 15) is 4.79 Å². The van der Waals surface area contributed by atoms with Crippen molar-refractivity contribution in [3.8, 4) is 11.5 Å². The lowest BCUT2D eigenvalue weighted by molar-refractivity contribution is -0.134. The van der Waals surface area contributed by atoms with Gasteiger partial charge in [0.15, 0.2) is 0 Å². The molecule has 3 nitrogen and oxygen atoms in total. The number of hydrogen-bond donors (Lipinski definition) is 0. The maximum Gasteiger partial charge on any atom is 0.311 e. The molecule has 1 aliphatic rings. The van der Waals surface area contributed by atoms with Crippen LogP contribution < -0.4 is 9.47 Å². The Balaban J connectivity index is 1.33. The van der Waals surface area contributed by atoms with Crippen molar-refractivity contribution in [1.82, 2.24) is 0 Å². The molecule has 0 heterocycles. The molecule has 0 spiro atoms. The van der Waals surface area contributed by atoms with Gasteiger partial charge in [0.1, 0.15) is 11.5 Å². The number of rotatable bonds is 12. The van der Waals surface area contributed by atoms with Crippen molar-refractivity contribution >= 4 is 5.97 Å². The first-order chi connectivity index (χ1) is 14.9. The van der Waals surface area contributed by atoms with Crippen molar-refractivity contribution in [3.05, 3.63) is 59.2 Å². The summed E-state index contributed by atoms with van der Waals surface area (Å²) in [6.07, 6.45) is 6.74. The van der Waals surface area contributed by atoms with Crippen LogP contribution in [0, 0.1) is 11.8 Å². The third-order valence-electron chi connectivity index (χ3n) is 6.21. The molecule has 0 aliphatic heterocycles. The van der Waals surface area contributed by atoms with Gasteiger partial charge < -0.3 is 9.47 Å². The van der Waals surface area contributed by atoms with E-state index in [-0.39, 0.29) is 5.97 Å². The van der Waals surface area contributed by atoms with Crippen LogP contribution in [0.5, 0.6) is 11.5 Å². The summed E-state index contributed by atoms with van der Waals surface area (Å²) < 4.78 is 11.4. The predicted molar refractivity (Wildman–Crippen MR) is 127 cm³/mol. The molecule has 0 radical (unpaired) electrons. The summed E-state index contributed by atoms with van der Waals surface area (Å²) in [7, 11) is 0. The number of benzene rings is 2. The summed E-state index contributed by atoms with van der Waals surface area (Å²) in [5.41, 5.74) is 4.21. The number of unbranched alkanes of at least 4 members (excludes halogenated alkanes) is 2. The van der Waals surface area contributed by atoms with Crippen molar-refractivity contribution in [3.63, 3.8) is 0 Å². The van der Waals surface area contributed by atoms with Gasteiger partial charge in [-0.1, -0.05) is 45.9 Å². The van der Waals surface area contributed by atoms with Crippen LogP contribution in [0.15, 0.2) is 42.5 Å². The van der Waals surface area contributed by atoms with Crippen LogP contribution in [0.1, 0.15) is 82.4 Å². The van der Waals surface area contributed by atoms with Crippen LogP contribution in [0.4, 0.5) is 0 Å². The highest BCUT2D eigenvalue weighted by Gasteiger charge is 2.17. The van der Waals surface area contributed by atoms with E-state index in [4.69, 9.17) is 9.47 Å². The first kappa shape index (κ1) is 23.4. The quantitative estimate of drug-likeness (QED) is 0.208. The Bertz CT molecular complexity index is 836. The number of aryl methyl sites for hydroxylation is 2. The lowest BCUT2D eigenvalue weighted by Gasteiger charge is -2.23. The second-order valence-corrected chi connectivity index (χ2v) is 9.61. The highest BCUT2D eigenvalue weighted by molar-refractivity contribution is 5.72. The molecule has 0 bridgehead atoms. The maximum atomic E-state index is 12.2. The minimum atomic E-state index is -0.154. The average molecular weight is 423 g/mol. The SMILES string of the molecule is CC(C)CC(c1ccc(OC(=O)CCCCCOc2ccc3c(c2)CC3)cc1)C(C)C. The third kappa shape index (κ3) is 7.12. The molecule has 3 rings (SSSR count). The lowest BCUT2D eigenvalue weighted by atomic mass is 9.82. The summed E-state index contributed by atoms with van der Waals surface area (Å²) in [6.45, 7) is 9.78. The number of carbonyl (C=O) groups is 1. The van der Waals surface area contributed by atoms with Crippen LogP contribution in [0.2, 0.25) is 0 Å². The Morgan fingerprint density at radius 1 is 0.871 bits per heavy atom. The van der Waals surface area contributed by atoms with Gasteiger partial charge in [-0.3, -0.25) is 4.79 Å². The second kappa shape index (κ2) is 11.4. The van der Waals surface area contributed by atoms with Crippen molar-refractivity contribution < 1.29 is 14.3 Å². The molecule has 0 saturated heterocycles. The zero-order valence-corrected chi connectivity index (χ0v) is 19.7. The summed E-state index contributed by atoms with van der Waals surface area (Å²) >= 11 is 0. The Hall–Kier alpha value is -2.29. The van der Waals surface area contributed by atoms with E-state index in [2.05, 4.69) is 58.0 Å². The minimum Gasteiger partial charge on any atom is -0.494 e. The maximum absolute atomic E-state index is 12.2. The Labute approximate surface area is 188 Å². The van der Waals surface area contributed by atoms with E-state index >= 15 is 0 Å². The fourth-order valence-corrected chi connectivity index (χ4v) is 4.27. The zero-order valence-electron chi connectivity index (χ0n) is 19.7. The van der Waals surface area contributed by atoms with Gasteiger partial charge in [-0.25, -0.2) is 0 Å². The largest absolute Gasteiger partial charge is 0.494 e. The highest BCUT2D eigenvalue weighted by atomic mass is 16.5. The first-order valence-electron chi connectivity index (χ1n) is 12.0. The Morgan fingerprint density at radius 2 is 1.58 bits per heavy atom. The van der Waals surface area contributed by atoms with E-state index in [1.807, 2.05) is 12.1 Å². The number of esters is 1. The van der Waals surface area contributed by atoms with Gasteiger partial charge >= 0.3 is 5.97 Å². The molecule has 1 atom stereocenters. The molecule has 3 heteroatoms. The van der Waals surface area contributed by atoms with Crippen LogP contribution in [-0.2, 0) is 17.6 Å². The normalized spacial score (nSPS) is 13.6. The molecule has 168 valence electrons. The number of ether oxygens (including phenoxy) is 2. The molecule has 0 N–H and O–H groups in total. The van der Waals surface area contributed by atoms with Crippen molar-refractivity contribution in [2.75, 3.05) is 6.61 Å². The van der Waals surface area contributed by atoms with Crippen molar-refractivity contribution in [2.45, 2.75) is 78.6 Å². The highest BCUT2D eigenvalue weighted by Crippen LogP contribution is 2.32. The lowest BCUT2D eigenvalue weighted by Crippen LogP contribution is -2.11. The molecule has 0 saturated carbocycles. The summed E-state index contributed by atoms with van der Waals surface area (Å²) in [5, 5.41) is 0. The van der Waals surface area contributed by atoms with Crippen LogP contribution in [0.25, 0.3) is 0 Å². The topological polar surface area (TPSA) is 35.5 Å². The van der Waals surface area contributed by atoms with Crippen LogP contribution >= 0.6 is 0 Å². The molecule has 0 aromatic heterocycles. The molecular formula is C28H38O3. The van der Waals surface area contributed by atoms with E-state index in [0.717, 1.165) is 25.0 Å². The average Bonchev–Trinajstić information content (AvgIpc) is 2.71. The molecule has 2 aromatic carbocycles. The van der Waals surface area contributed by atoms with E-state index in [0.29, 0.717) is 36.5 Å². The molecule has 0 fully saturated rings. The number of hydrogen-bond acceptors (Lipinski definition) is 3. The molecule has 2 aromatic rings. The molecule has 31 heavy (non-hydrogen) atoms. The minimum absolute atomic E-state index is 0.154. The molecule has 0 amide bonds. The Kier molecular flexibility index (Phi) is 8.57. The molecular weight excluding hydrogens is 384 g/mol. The molecule has 1 aliphatic carbocycles. The van der Waals surface area contributed by atoms with E-state index in [1.165, 1.54) is 36.0 Å². The standard InChI is InChI=1S/C28H38O3/c1-20(2)18-27(21(3)4)23-12-14-25(15-13-23)31-28(29)8-6-5-7-17-30-26-16-11-22-9-10-24(22)19-26/h11-16,19-21,27H,5-10,17-18H2,1-4H3. The summed E-state index contributed by atoms with van der Waals surface area (Å²) in [6, 6.07) is 14.5. The Morgan fingerprint density at radius 3 is 2.19 bits per heavy atom. The monoisotopic (exact) mass is 422 g/mol. The first-order valence-corrected chi connectivity index (χ1v) is 12.0. The van der Waals surface area contributed by atoms with Gasteiger partial charge in [0.2, 0.25) is 0 Å². The number of carbonyl (C=O) groups excluding carboxylic acids is 1. The van der Waals surface area contributed by atoms with Gasteiger partial charge in [-0.05, 0) is 97.2 Å². The second-order valence-electron chi connectivity index (χ2n) is 9.61. The fourth-order valence-electron chi connectivity index (χ4n) is 4.27.